The quantitative estimate of drug-likeness (QED) is 0.641. The Morgan fingerprint density at radius 2 is 1.94 bits per heavy atom. The van der Waals surface area contributed by atoms with Crippen molar-refractivity contribution in [1.82, 2.24) is 20.0 Å². The number of rotatable bonds is 8. The van der Waals surface area contributed by atoms with E-state index in [-0.39, 0.29) is 17.9 Å². The van der Waals surface area contributed by atoms with Gasteiger partial charge in [0.25, 0.3) is 5.91 Å². The van der Waals surface area contributed by atoms with Crippen LogP contribution in [0.3, 0.4) is 0 Å². The molecule has 0 unspecified atom stereocenters. The molecule has 0 saturated carbocycles. The van der Waals surface area contributed by atoms with Crippen LogP contribution in [0, 0.1) is 12.8 Å². The summed E-state index contributed by atoms with van der Waals surface area (Å²) in [6.07, 6.45) is 6.69. The van der Waals surface area contributed by atoms with Gasteiger partial charge in [-0.05, 0) is 90.2 Å². The normalized spacial score (nSPS) is 28.6. The van der Waals surface area contributed by atoms with Crippen LogP contribution in [-0.4, -0.2) is 71.4 Å². The highest BCUT2D eigenvalue weighted by Gasteiger charge is 2.55. The van der Waals surface area contributed by atoms with E-state index in [0.29, 0.717) is 12.6 Å². The lowest BCUT2D eigenvalue weighted by Gasteiger charge is -2.40. The first-order valence-electron chi connectivity index (χ1n) is 12.0. The second kappa shape index (κ2) is 9.33. The molecule has 3 aliphatic rings. The van der Waals surface area contributed by atoms with Crippen molar-refractivity contribution in [2.75, 3.05) is 33.2 Å². The van der Waals surface area contributed by atoms with Gasteiger partial charge < -0.3 is 14.6 Å². The Morgan fingerprint density at radius 1 is 1.16 bits per heavy atom. The summed E-state index contributed by atoms with van der Waals surface area (Å²) in [5.74, 6) is 2.14. The molecule has 1 aromatic rings. The van der Waals surface area contributed by atoms with Gasteiger partial charge in [-0.3, -0.25) is 14.6 Å². The molecule has 0 bridgehead atoms. The number of furan rings is 1. The van der Waals surface area contributed by atoms with Crippen molar-refractivity contribution in [3.05, 3.63) is 23.7 Å². The predicted molar refractivity (Wildman–Crippen MR) is 120 cm³/mol. The largest absolute Gasteiger partial charge is 0.465 e. The molecule has 31 heavy (non-hydrogen) atoms. The summed E-state index contributed by atoms with van der Waals surface area (Å²) in [5.41, 5.74) is -0.721. The molecule has 3 amide bonds. The molecule has 172 valence electrons. The van der Waals surface area contributed by atoms with E-state index in [4.69, 9.17) is 4.42 Å². The van der Waals surface area contributed by atoms with E-state index in [1.54, 1.807) is 0 Å². The number of likely N-dealkylation sites (tertiary alicyclic amines) is 2. The first kappa shape index (κ1) is 22.3. The maximum atomic E-state index is 13.6. The lowest BCUT2D eigenvalue weighted by atomic mass is 9.74. The first-order chi connectivity index (χ1) is 14.9. The fraction of sp³-hybridized carbons (Fsp3) is 0.750. The lowest BCUT2D eigenvalue weighted by Crippen LogP contribution is -2.56. The summed E-state index contributed by atoms with van der Waals surface area (Å²) in [4.78, 5) is 32.7. The van der Waals surface area contributed by atoms with E-state index >= 15 is 0 Å². The minimum absolute atomic E-state index is 0.0140. The molecule has 0 aliphatic carbocycles. The summed E-state index contributed by atoms with van der Waals surface area (Å²) in [7, 11) is 2.14. The predicted octanol–water partition coefficient (Wildman–Crippen LogP) is 3.38. The summed E-state index contributed by atoms with van der Waals surface area (Å²) in [5, 5.41) is 3.18. The Kier molecular flexibility index (Phi) is 6.72. The van der Waals surface area contributed by atoms with Gasteiger partial charge in [-0.25, -0.2) is 4.79 Å². The number of piperidine rings is 1. The molecule has 3 saturated heterocycles. The van der Waals surface area contributed by atoms with Gasteiger partial charge in [0.1, 0.15) is 17.1 Å². The number of imide groups is 1. The van der Waals surface area contributed by atoms with Crippen molar-refractivity contribution in [1.29, 1.82) is 0 Å². The zero-order valence-electron chi connectivity index (χ0n) is 19.4. The monoisotopic (exact) mass is 430 g/mol. The number of hydrogen-bond donors (Lipinski definition) is 1. The van der Waals surface area contributed by atoms with Gasteiger partial charge in [-0.15, -0.1) is 0 Å². The molecule has 4 rings (SSSR count). The summed E-state index contributed by atoms with van der Waals surface area (Å²) in [6.45, 7) is 8.36. The van der Waals surface area contributed by atoms with Gasteiger partial charge in [0.2, 0.25) is 0 Å². The zero-order chi connectivity index (χ0) is 22.0. The number of nitrogens with one attached hydrogen (secondary N) is 1. The SMILES string of the molecule is CCC[C@]1(C2CCN(Cc3ccc(C)o3)CC2)NC(=O)N(CC[C@H]2CCCN2C)C1=O. The van der Waals surface area contributed by atoms with Crippen molar-refractivity contribution in [3.8, 4) is 0 Å². The third kappa shape index (κ3) is 4.53. The van der Waals surface area contributed by atoms with Gasteiger partial charge in [0.05, 0.1) is 6.54 Å². The van der Waals surface area contributed by atoms with E-state index in [1.165, 1.54) is 11.3 Å². The Balaban J connectivity index is 1.38. The van der Waals surface area contributed by atoms with Crippen molar-refractivity contribution in [2.45, 2.75) is 76.9 Å². The van der Waals surface area contributed by atoms with Crippen LogP contribution in [0.5, 0.6) is 0 Å². The molecule has 0 spiro atoms. The van der Waals surface area contributed by atoms with Gasteiger partial charge in [-0.2, -0.15) is 0 Å². The van der Waals surface area contributed by atoms with Gasteiger partial charge in [0.15, 0.2) is 0 Å². The van der Waals surface area contributed by atoms with Crippen LogP contribution in [0.25, 0.3) is 0 Å². The van der Waals surface area contributed by atoms with Crippen LogP contribution in [0.1, 0.15) is 63.4 Å². The Labute approximate surface area is 186 Å². The van der Waals surface area contributed by atoms with Crippen molar-refractivity contribution in [3.63, 3.8) is 0 Å². The number of amides is 3. The van der Waals surface area contributed by atoms with Crippen LogP contribution in [0.15, 0.2) is 16.5 Å². The van der Waals surface area contributed by atoms with Crippen molar-refractivity contribution >= 4 is 11.9 Å². The average Bonchev–Trinajstić information content (AvgIpc) is 3.41. The highest BCUT2D eigenvalue weighted by molar-refractivity contribution is 6.07. The Bertz CT molecular complexity index is 786. The van der Waals surface area contributed by atoms with Gasteiger partial charge >= 0.3 is 6.03 Å². The van der Waals surface area contributed by atoms with E-state index < -0.39 is 5.54 Å². The molecular formula is C24H38N4O3. The fourth-order valence-electron chi connectivity index (χ4n) is 5.89. The third-order valence-corrected chi connectivity index (χ3v) is 7.66. The van der Waals surface area contributed by atoms with E-state index in [2.05, 4.69) is 29.1 Å². The topological polar surface area (TPSA) is 69.0 Å². The Morgan fingerprint density at radius 3 is 2.55 bits per heavy atom. The number of carbonyl (C=O) groups excluding carboxylic acids is 2. The number of hydrogen-bond acceptors (Lipinski definition) is 5. The van der Waals surface area contributed by atoms with Crippen LogP contribution < -0.4 is 5.32 Å². The second-order valence-corrected chi connectivity index (χ2v) is 9.74. The number of urea groups is 1. The van der Waals surface area contributed by atoms with Crippen molar-refractivity contribution in [2.24, 2.45) is 5.92 Å². The molecule has 4 heterocycles. The highest BCUT2D eigenvalue weighted by atomic mass is 16.3. The molecule has 1 N–H and O–H groups in total. The molecule has 7 heteroatoms. The minimum atomic E-state index is -0.721. The molecule has 2 atom stereocenters. The standard InChI is InChI=1S/C24H38N4O3/c1-4-12-24(19-9-14-27(15-10-19)17-21-8-7-18(2)31-21)22(29)28(23(30)25-24)16-11-20-6-5-13-26(20)3/h7-8,19-20H,4-6,9-17H2,1-3H3,(H,25,30)/t20-,24-/m1/s1. The van der Waals surface area contributed by atoms with Crippen LogP contribution >= 0.6 is 0 Å². The average molecular weight is 431 g/mol. The summed E-state index contributed by atoms with van der Waals surface area (Å²) < 4.78 is 5.73. The van der Waals surface area contributed by atoms with E-state index in [1.807, 2.05) is 19.1 Å². The van der Waals surface area contributed by atoms with Crippen LogP contribution in [-0.2, 0) is 11.3 Å². The maximum Gasteiger partial charge on any atom is 0.325 e. The zero-order valence-corrected chi connectivity index (χ0v) is 19.4. The summed E-state index contributed by atoms with van der Waals surface area (Å²) >= 11 is 0. The van der Waals surface area contributed by atoms with Crippen LogP contribution in [0.4, 0.5) is 4.79 Å². The van der Waals surface area contributed by atoms with E-state index in [9.17, 15) is 9.59 Å². The first-order valence-corrected chi connectivity index (χ1v) is 12.0. The third-order valence-electron chi connectivity index (χ3n) is 7.66. The molecule has 0 aromatic carbocycles. The minimum Gasteiger partial charge on any atom is -0.465 e. The molecule has 3 aliphatic heterocycles. The molecular weight excluding hydrogens is 392 g/mol. The maximum absolute atomic E-state index is 13.6. The van der Waals surface area contributed by atoms with Gasteiger partial charge in [0, 0.05) is 12.6 Å². The van der Waals surface area contributed by atoms with E-state index in [0.717, 1.165) is 76.2 Å². The number of carbonyl (C=O) groups is 2. The lowest BCUT2D eigenvalue weighted by molar-refractivity contribution is -0.134. The highest BCUT2D eigenvalue weighted by Crippen LogP contribution is 2.37. The van der Waals surface area contributed by atoms with Crippen LogP contribution in [0.2, 0.25) is 0 Å². The smallest absolute Gasteiger partial charge is 0.325 e. The van der Waals surface area contributed by atoms with Gasteiger partial charge in [-0.1, -0.05) is 13.3 Å². The summed E-state index contributed by atoms with van der Waals surface area (Å²) in [6, 6.07) is 4.34. The fourth-order valence-corrected chi connectivity index (χ4v) is 5.89. The molecule has 3 fully saturated rings. The Hall–Kier alpha value is -1.86. The molecule has 1 aromatic heterocycles. The van der Waals surface area contributed by atoms with Crippen molar-refractivity contribution < 1.29 is 14.0 Å². The molecule has 7 nitrogen and oxygen atoms in total. The molecule has 0 radical (unpaired) electrons. The number of aryl methyl sites for hydroxylation is 1. The second-order valence-electron chi connectivity index (χ2n) is 9.74. The number of nitrogens with zero attached hydrogens (tertiary/aromatic N) is 3.